The molecule has 1 amide bonds. The van der Waals surface area contributed by atoms with Crippen LogP contribution in [0, 0.1) is 0 Å². The Bertz CT molecular complexity index is 934. The zero-order valence-corrected chi connectivity index (χ0v) is 15.9. The fourth-order valence-corrected chi connectivity index (χ4v) is 3.85. The number of amides is 1. The number of carbonyl (C=O) groups excluding carboxylic acids is 1. The molecule has 0 unspecified atom stereocenters. The number of carbonyl (C=O) groups is 1. The lowest BCUT2D eigenvalue weighted by Gasteiger charge is -2.28. The van der Waals surface area contributed by atoms with Gasteiger partial charge in [0.05, 0.1) is 22.5 Å². The fourth-order valence-electron chi connectivity index (χ4n) is 2.45. The van der Waals surface area contributed by atoms with E-state index in [9.17, 15) is 26.4 Å². The molecule has 146 valence electrons. The molecular formula is C17H16ClF3N2O3S. The minimum absolute atomic E-state index is 0.148. The molecule has 1 atom stereocenters. The van der Waals surface area contributed by atoms with Crippen LogP contribution in [0.25, 0.3) is 0 Å². The van der Waals surface area contributed by atoms with E-state index in [0.29, 0.717) is 6.07 Å². The van der Waals surface area contributed by atoms with Gasteiger partial charge in [-0.25, -0.2) is 8.42 Å². The van der Waals surface area contributed by atoms with Gasteiger partial charge in [-0.05, 0) is 37.3 Å². The van der Waals surface area contributed by atoms with Crippen LogP contribution < -0.4 is 9.62 Å². The number of hydrogen-bond donors (Lipinski definition) is 1. The molecule has 0 aromatic heterocycles. The summed E-state index contributed by atoms with van der Waals surface area (Å²) in [4.78, 5) is 12.5. The van der Waals surface area contributed by atoms with Crippen molar-refractivity contribution in [2.24, 2.45) is 0 Å². The zero-order chi connectivity index (χ0) is 20.4. The Morgan fingerprint density at radius 1 is 1.15 bits per heavy atom. The second kappa shape index (κ2) is 7.77. The van der Waals surface area contributed by atoms with Crippen molar-refractivity contribution in [2.75, 3.05) is 15.9 Å². The summed E-state index contributed by atoms with van der Waals surface area (Å²) in [6.07, 6.45) is -3.75. The zero-order valence-electron chi connectivity index (χ0n) is 14.3. The van der Waals surface area contributed by atoms with E-state index < -0.39 is 38.7 Å². The van der Waals surface area contributed by atoms with E-state index in [1.54, 1.807) is 18.2 Å². The lowest BCUT2D eigenvalue weighted by atomic mass is 10.2. The maximum absolute atomic E-state index is 12.9. The summed E-state index contributed by atoms with van der Waals surface area (Å²) < 4.78 is 64.0. The van der Waals surface area contributed by atoms with E-state index in [0.717, 1.165) is 16.6 Å². The number of nitrogens with zero attached hydrogens (tertiary/aromatic N) is 1. The Kier molecular flexibility index (Phi) is 6.06. The van der Waals surface area contributed by atoms with Gasteiger partial charge in [-0.3, -0.25) is 9.10 Å². The largest absolute Gasteiger partial charge is 0.417 e. The maximum atomic E-state index is 12.9. The summed E-state index contributed by atoms with van der Waals surface area (Å²) in [5.74, 6) is -0.792. The number of anilines is 2. The van der Waals surface area contributed by atoms with Crippen molar-refractivity contribution >= 4 is 38.9 Å². The third-order valence-electron chi connectivity index (χ3n) is 3.64. The van der Waals surface area contributed by atoms with E-state index in [1.807, 2.05) is 0 Å². The highest BCUT2D eigenvalue weighted by Crippen LogP contribution is 2.36. The highest BCUT2D eigenvalue weighted by Gasteiger charge is 2.34. The lowest BCUT2D eigenvalue weighted by Crippen LogP contribution is -2.45. The SMILES string of the molecule is C[C@@H](C(=O)Nc1ccc(Cl)c(C(F)(F)F)c1)N(c1ccccc1)S(C)(=O)=O. The predicted octanol–water partition coefficient (Wildman–Crippen LogP) is 4.15. The molecule has 0 aliphatic rings. The van der Waals surface area contributed by atoms with Crippen molar-refractivity contribution in [3.63, 3.8) is 0 Å². The molecule has 0 fully saturated rings. The Hall–Kier alpha value is -2.26. The van der Waals surface area contributed by atoms with Gasteiger partial charge < -0.3 is 5.32 Å². The van der Waals surface area contributed by atoms with Crippen LogP contribution in [-0.4, -0.2) is 26.6 Å². The van der Waals surface area contributed by atoms with Gasteiger partial charge in [0.25, 0.3) is 0 Å². The number of nitrogens with one attached hydrogen (secondary N) is 1. The number of halogens is 4. The maximum Gasteiger partial charge on any atom is 0.417 e. The normalized spacial score (nSPS) is 13.1. The Labute approximate surface area is 159 Å². The minimum atomic E-state index is -4.69. The summed E-state index contributed by atoms with van der Waals surface area (Å²) in [6.45, 7) is 1.34. The molecule has 1 N–H and O–H groups in total. The quantitative estimate of drug-likeness (QED) is 0.790. The van der Waals surface area contributed by atoms with Gasteiger partial charge in [-0.1, -0.05) is 29.8 Å². The molecule has 2 rings (SSSR count). The molecule has 0 saturated carbocycles. The average molecular weight is 421 g/mol. The average Bonchev–Trinajstić information content (AvgIpc) is 2.55. The van der Waals surface area contributed by atoms with Crippen LogP contribution in [0.1, 0.15) is 12.5 Å². The van der Waals surface area contributed by atoms with Gasteiger partial charge in [0, 0.05) is 5.69 Å². The first-order chi connectivity index (χ1) is 12.4. The second-order valence-electron chi connectivity index (χ2n) is 5.75. The molecule has 2 aromatic rings. The molecule has 0 saturated heterocycles. The van der Waals surface area contributed by atoms with Gasteiger partial charge in [0.15, 0.2) is 0 Å². The summed E-state index contributed by atoms with van der Waals surface area (Å²) in [6, 6.07) is 9.61. The number of alkyl halides is 3. The monoisotopic (exact) mass is 420 g/mol. The third kappa shape index (κ3) is 5.14. The van der Waals surface area contributed by atoms with E-state index in [-0.39, 0.29) is 11.4 Å². The van der Waals surface area contributed by atoms with Crippen molar-refractivity contribution in [2.45, 2.75) is 19.1 Å². The summed E-state index contributed by atoms with van der Waals surface area (Å²) in [5, 5.41) is 1.80. The number of rotatable bonds is 5. The van der Waals surface area contributed by atoms with Crippen LogP contribution >= 0.6 is 11.6 Å². The van der Waals surface area contributed by atoms with E-state index in [4.69, 9.17) is 11.6 Å². The van der Waals surface area contributed by atoms with E-state index >= 15 is 0 Å². The van der Waals surface area contributed by atoms with Crippen LogP contribution in [0.15, 0.2) is 48.5 Å². The van der Waals surface area contributed by atoms with Crippen molar-refractivity contribution in [1.29, 1.82) is 0 Å². The topological polar surface area (TPSA) is 66.5 Å². The standard InChI is InChI=1S/C17H16ClF3N2O3S/c1-11(23(27(2,25)26)13-6-4-3-5-7-13)16(24)22-12-8-9-15(18)14(10-12)17(19,20)21/h3-11H,1-2H3,(H,22,24)/t11-/m0/s1. The smallest absolute Gasteiger partial charge is 0.324 e. The molecule has 27 heavy (non-hydrogen) atoms. The molecule has 0 aliphatic carbocycles. The van der Waals surface area contributed by atoms with Crippen LogP contribution in [0.5, 0.6) is 0 Å². The lowest BCUT2D eigenvalue weighted by molar-refractivity contribution is -0.137. The molecule has 10 heteroatoms. The number of sulfonamides is 1. The van der Waals surface area contributed by atoms with Crippen LogP contribution in [0.3, 0.4) is 0 Å². The molecule has 0 spiro atoms. The van der Waals surface area contributed by atoms with Gasteiger partial charge in [-0.2, -0.15) is 13.2 Å². The van der Waals surface area contributed by atoms with Crippen molar-refractivity contribution < 1.29 is 26.4 Å². The highest BCUT2D eigenvalue weighted by molar-refractivity contribution is 7.92. The fraction of sp³-hybridized carbons (Fsp3) is 0.235. The molecule has 0 aliphatic heterocycles. The van der Waals surface area contributed by atoms with Crippen molar-refractivity contribution in [1.82, 2.24) is 0 Å². The Morgan fingerprint density at radius 2 is 1.74 bits per heavy atom. The van der Waals surface area contributed by atoms with Crippen LogP contribution in [0.4, 0.5) is 24.5 Å². The van der Waals surface area contributed by atoms with Gasteiger partial charge in [0.2, 0.25) is 15.9 Å². The highest BCUT2D eigenvalue weighted by atomic mass is 35.5. The van der Waals surface area contributed by atoms with E-state index in [2.05, 4.69) is 5.32 Å². The van der Waals surface area contributed by atoms with Gasteiger partial charge >= 0.3 is 6.18 Å². The predicted molar refractivity (Wildman–Crippen MR) is 98.3 cm³/mol. The van der Waals surface area contributed by atoms with Crippen LogP contribution in [0.2, 0.25) is 5.02 Å². The molecule has 5 nitrogen and oxygen atoms in total. The van der Waals surface area contributed by atoms with Gasteiger partial charge in [0.1, 0.15) is 6.04 Å². The van der Waals surface area contributed by atoms with Gasteiger partial charge in [-0.15, -0.1) is 0 Å². The molecule has 0 bridgehead atoms. The summed E-state index contributed by atoms with van der Waals surface area (Å²) >= 11 is 5.55. The first kappa shape index (κ1) is 21.0. The first-order valence-electron chi connectivity index (χ1n) is 7.63. The summed E-state index contributed by atoms with van der Waals surface area (Å²) in [7, 11) is -3.82. The number of hydrogen-bond acceptors (Lipinski definition) is 3. The number of benzene rings is 2. The van der Waals surface area contributed by atoms with Crippen LogP contribution in [-0.2, 0) is 21.0 Å². The van der Waals surface area contributed by atoms with Crippen molar-refractivity contribution in [3.05, 3.63) is 59.1 Å². The third-order valence-corrected chi connectivity index (χ3v) is 5.21. The Balaban J connectivity index is 2.31. The first-order valence-corrected chi connectivity index (χ1v) is 9.86. The second-order valence-corrected chi connectivity index (χ2v) is 8.02. The van der Waals surface area contributed by atoms with E-state index in [1.165, 1.54) is 25.1 Å². The molecule has 2 aromatic carbocycles. The molecular weight excluding hydrogens is 405 g/mol. The minimum Gasteiger partial charge on any atom is -0.324 e. The molecule has 0 radical (unpaired) electrons. The Morgan fingerprint density at radius 3 is 2.26 bits per heavy atom. The van der Waals surface area contributed by atoms with Crippen molar-refractivity contribution in [3.8, 4) is 0 Å². The number of para-hydroxylation sites is 1. The summed E-state index contributed by atoms with van der Waals surface area (Å²) in [5.41, 5.74) is -0.988. The molecule has 0 heterocycles.